The molecule has 166 valence electrons. The molecule has 0 atom stereocenters. The minimum atomic E-state index is -0.382. The van der Waals surface area contributed by atoms with Crippen molar-refractivity contribution < 1.29 is 4.79 Å². The van der Waals surface area contributed by atoms with Gasteiger partial charge in [-0.2, -0.15) is 0 Å². The molecule has 2 aromatic rings. The van der Waals surface area contributed by atoms with E-state index in [-0.39, 0.29) is 22.7 Å². The summed E-state index contributed by atoms with van der Waals surface area (Å²) in [5.74, 6) is 1.71. The lowest BCUT2D eigenvalue weighted by molar-refractivity contribution is -0.121. The first-order valence-electron chi connectivity index (χ1n) is 11.5. The number of hydrogen-bond acceptors (Lipinski definition) is 6. The van der Waals surface area contributed by atoms with Crippen LogP contribution >= 0.6 is 0 Å². The number of aromatic nitrogens is 1. The number of piperidine rings is 1. The van der Waals surface area contributed by atoms with Gasteiger partial charge in [-0.1, -0.05) is 13.0 Å². The summed E-state index contributed by atoms with van der Waals surface area (Å²) in [5.41, 5.74) is 1.25. The maximum Gasteiger partial charge on any atom is 0.253 e. The van der Waals surface area contributed by atoms with Crippen LogP contribution in [0.5, 0.6) is 0 Å². The van der Waals surface area contributed by atoms with E-state index in [1.807, 2.05) is 25.1 Å². The quantitative estimate of drug-likeness (QED) is 0.693. The van der Waals surface area contributed by atoms with Gasteiger partial charge in [-0.25, -0.2) is 4.98 Å². The molecule has 1 aromatic carbocycles. The molecule has 0 unspecified atom stereocenters. The Bertz CT molecular complexity index is 995. The van der Waals surface area contributed by atoms with Crippen molar-refractivity contribution >= 4 is 23.1 Å². The molecule has 4 rings (SSSR count). The number of anilines is 3. The highest BCUT2D eigenvalue weighted by molar-refractivity contribution is 5.91. The Kier molecular flexibility index (Phi) is 6.39. The molecule has 2 aliphatic rings. The second kappa shape index (κ2) is 9.20. The molecule has 7 heteroatoms. The van der Waals surface area contributed by atoms with Crippen molar-refractivity contribution in [1.82, 2.24) is 4.98 Å². The van der Waals surface area contributed by atoms with E-state index in [9.17, 15) is 14.4 Å². The Morgan fingerprint density at radius 2 is 1.77 bits per heavy atom. The summed E-state index contributed by atoms with van der Waals surface area (Å²) >= 11 is 0. The second-order valence-corrected chi connectivity index (χ2v) is 9.30. The van der Waals surface area contributed by atoms with Gasteiger partial charge in [-0.05, 0) is 69.4 Å². The fraction of sp³-hybridized carbons (Fsp3) is 0.583. The maximum absolute atomic E-state index is 12.6. The van der Waals surface area contributed by atoms with Crippen LogP contribution < -0.4 is 26.4 Å². The fourth-order valence-corrected chi connectivity index (χ4v) is 4.79. The number of amides is 1. The van der Waals surface area contributed by atoms with Crippen molar-refractivity contribution in [3.05, 3.63) is 44.3 Å². The molecule has 1 aliphatic heterocycles. The summed E-state index contributed by atoms with van der Waals surface area (Å²) in [5, 5.41) is 6.21. The number of nitrogens with one attached hydrogen (secondary N) is 2. The first-order valence-corrected chi connectivity index (χ1v) is 11.5. The summed E-state index contributed by atoms with van der Waals surface area (Å²) < 4.78 is 0. The lowest BCUT2D eigenvalue weighted by atomic mass is 9.81. The highest BCUT2D eigenvalue weighted by Crippen LogP contribution is 2.31. The van der Waals surface area contributed by atoms with Crippen LogP contribution in [0.15, 0.2) is 27.8 Å². The summed E-state index contributed by atoms with van der Waals surface area (Å²) in [7, 11) is 0. The van der Waals surface area contributed by atoms with Gasteiger partial charge >= 0.3 is 0 Å². The predicted octanol–water partition coefficient (Wildman–Crippen LogP) is 3.08. The Morgan fingerprint density at radius 1 is 1.06 bits per heavy atom. The topological polar surface area (TPSA) is 91.4 Å². The highest BCUT2D eigenvalue weighted by Gasteiger charge is 2.30. The van der Waals surface area contributed by atoms with Gasteiger partial charge < -0.3 is 15.5 Å². The van der Waals surface area contributed by atoms with E-state index in [0.717, 1.165) is 57.3 Å². The Morgan fingerprint density at radius 3 is 2.45 bits per heavy atom. The van der Waals surface area contributed by atoms with Crippen LogP contribution in [0.4, 0.5) is 17.2 Å². The summed E-state index contributed by atoms with van der Waals surface area (Å²) in [6, 6.07) is 5.60. The van der Waals surface area contributed by atoms with Gasteiger partial charge in [0.25, 0.3) is 10.9 Å². The minimum absolute atomic E-state index is 0.00408. The van der Waals surface area contributed by atoms with Gasteiger partial charge in [0.15, 0.2) is 0 Å². The molecule has 0 bridgehead atoms. The van der Waals surface area contributed by atoms with Crippen LogP contribution in [0, 0.1) is 24.7 Å². The molecule has 7 nitrogen and oxygen atoms in total. The van der Waals surface area contributed by atoms with Gasteiger partial charge in [-0.15, -0.1) is 0 Å². The lowest BCUT2D eigenvalue weighted by Crippen LogP contribution is -2.45. The predicted molar refractivity (Wildman–Crippen MR) is 124 cm³/mol. The Balaban J connectivity index is 1.26. The van der Waals surface area contributed by atoms with E-state index in [0.29, 0.717) is 35.6 Å². The molecule has 1 saturated carbocycles. The van der Waals surface area contributed by atoms with E-state index >= 15 is 0 Å². The van der Waals surface area contributed by atoms with Crippen molar-refractivity contribution in [2.75, 3.05) is 35.2 Å². The van der Waals surface area contributed by atoms with Gasteiger partial charge in [0.05, 0.1) is 0 Å². The first-order chi connectivity index (χ1) is 14.9. The summed E-state index contributed by atoms with van der Waals surface area (Å²) in [4.78, 5) is 43.3. The van der Waals surface area contributed by atoms with Crippen molar-refractivity contribution in [2.24, 2.45) is 17.8 Å². The maximum atomic E-state index is 12.6. The third-order valence-corrected chi connectivity index (χ3v) is 6.91. The molecule has 1 saturated heterocycles. The van der Waals surface area contributed by atoms with E-state index in [4.69, 9.17) is 0 Å². The summed E-state index contributed by atoms with van der Waals surface area (Å²) in [6.07, 6.45) is 5.63. The second-order valence-electron chi connectivity index (χ2n) is 9.30. The van der Waals surface area contributed by atoms with Crippen LogP contribution in [-0.2, 0) is 4.79 Å². The normalized spacial score (nSPS) is 22.5. The molecular weight excluding hydrogens is 392 g/mol. The average Bonchev–Trinajstić information content (AvgIpc) is 2.77. The van der Waals surface area contributed by atoms with Crippen molar-refractivity contribution in [3.8, 4) is 0 Å². The van der Waals surface area contributed by atoms with Crippen molar-refractivity contribution in [2.45, 2.75) is 52.4 Å². The SMILES string of the molecule is Cc1cccc(NC(=O)C2CCC(CNc3c(N4CCC(C)CC4)c(=O)c3=O)CC2)n1. The molecule has 1 aromatic heterocycles. The van der Waals surface area contributed by atoms with Gasteiger partial charge in [0.2, 0.25) is 5.91 Å². The monoisotopic (exact) mass is 424 g/mol. The molecule has 1 amide bonds. The number of hydrogen-bond donors (Lipinski definition) is 2. The first kappa shape index (κ1) is 21.5. The standard InChI is InChI=1S/C24H32N4O3/c1-15-10-12-28(13-11-15)21-20(22(29)23(21)30)25-14-17-6-8-18(9-7-17)24(31)27-19-5-3-4-16(2)26-19/h3-5,15,17-18,25H,6-14H2,1-2H3,(H,26,27,31). The van der Waals surface area contributed by atoms with Crippen LogP contribution in [0.1, 0.15) is 51.1 Å². The lowest BCUT2D eigenvalue weighted by Gasteiger charge is -2.34. The van der Waals surface area contributed by atoms with E-state index in [2.05, 4.69) is 27.4 Å². The molecule has 0 spiro atoms. The van der Waals surface area contributed by atoms with E-state index in [1.54, 1.807) is 0 Å². The number of aryl methyl sites for hydroxylation is 1. The number of nitrogens with zero attached hydrogens (tertiary/aromatic N) is 2. The summed E-state index contributed by atoms with van der Waals surface area (Å²) in [6.45, 7) is 6.50. The van der Waals surface area contributed by atoms with Crippen LogP contribution in [0.2, 0.25) is 0 Å². The molecule has 2 heterocycles. The van der Waals surface area contributed by atoms with E-state index in [1.165, 1.54) is 0 Å². The smallest absolute Gasteiger partial charge is 0.253 e. The molecule has 2 N–H and O–H groups in total. The molecule has 0 radical (unpaired) electrons. The van der Waals surface area contributed by atoms with Gasteiger partial charge in [-0.3, -0.25) is 14.4 Å². The number of carbonyl (C=O) groups is 1. The van der Waals surface area contributed by atoms with Gasteiger partial charge in [0, 0.05) is 31.2 Å². The Labute approximate surface area is 182 Å². The van der Waals surface area contributed by atoms with E-state index < -0.39 is 0 Å². The molecular formula is C24H32N4O3. The average molecular weight is 425 g/mol. The highest BCUT2D eigenvalue weighted by atomic mass is 16.2. The fourth-order valence-electron chi connectivity index (χ4n) is 4.79. The molecule has 1 aliphatic carbocycles. The van der Waals surface area contributed by atoms with Gasteiger partial charge in [0.1, 0.15) is 17.2 Å². The number of carbonyl (C=O) groups excluding carboxylic acids is 1. The number of rotatable bonds is 6. The third-order valence-electron chi connectivity index (χ3n) is 6.91. The number of pyridine rings is 1. The zero-order chi connectivity index (χ0) is 22.0. The van der Waals surface area contributed by atoms with Crippen molar-refractivity contribution in [1.29, 1.82) is 0 Å². The minimum Gasteiger partial charge on any atom is -0.380 e. The third kappa shape index (κ3) is 4.81. The van der Waals surface area contributed by atoms with Crippen LogP contribution in [0.25, 0.3) is 0 Å². The van der Waals surface area contributed by atoms with Crippen LogP contribution in [0.3, 0.4) is 0 Å². The largest absolute Gasteiger partial charge is 0.380 e. The van der Waals surface area contributed by atoms with Crippen molar-refractivity contribution in [3.63, 3.8) is 0 Å². The zero-order valence-electron chi connectivity index (χ0n) is 18.4. The van der Waals surface area contributed by atoms with Crippen LogP contribution in [-0.4, -0.2) is 30.5 Å². The molecule has 31 heavy (non-hydrogen) atoms. The molecule has 2 fully saturated rings. The Hall–Kier alpha value is -2.70. The zero-order valence-corrected chi connectivity index (χ0v) is 18.4.